The van der Waals surface area contributed by atoms with E-state index in [4.69, 9.17) is 39.3 Å². The number of nitrogens with zero attached hydrogens (tertiary/aromatic N) is 3. The Hall–Kier alpha value is -1.86. The quantitative estimate of drug-likeness (QED) is 0.451. The molecule has 3 aromatic heterocycles. The molecule has 0 unspecified atom stereocenters. The Morgan fingerprint density at radius 2 is 1.92 bits per heavy atom. The zero-order valence-electron chi connectivity index (χ0n) is 12.5. The maximum atomic E-state index is 6.14. The van der Waals surface area contributed by atoms with Crippen LogP contribution in [0.4, 0.5) is 5.82 Å². The van der Waals surface area contributed by atoms with Crippen LogP contribution in [0.25, 0.3) is 21.8 Å². The Balaban J connectivity index is 1.70. The van der Waals surface area contributed by atoms with Gasteiger partial charge >= 0.3 is 0 Å². The molecule has 0 radical (unpaired) electrons. The van der Waals surface area contributed by atoms with Gasteiger partial charge in [-0.1, -0.05) is 46.0 Å². The molecular formula is C16H9Cl3N4OS. The predicted octanol–water partition coefficient (Wildman–Crippen LogP) is 5.92. The number of hydrogen-bond acceptors (Lipinski definition) is 6. The van der Waals surface area contributed by atoms with E-state index in [1.54, 1.807) is 18.3 Å². The van der Waals surface area contributed by atoms with Gasteiger partial charge in [-0.05, 0) is 23.8 Å². The first-order valence-electron chi connectivity index (χ1n) is 7.16. The molecule has 0 aliphatic carbocycles. The summed E-state index contributed by atoms with van der Waals surface area (Å²) in [6, 6.07) is 9.02. The fourth-order valence-corrected chi connectivity index (χ4v) is 3.71. The Morgan fingerprint density at radius 3 is 2.68 bits per heavy atom. The van der Waals surface area contributed by atoms with Crippen LogP contribution in [0.2, 0.25) is 14.4 Å². The molecule has 0 atom stereocenters. The third-order valence-corrected chi connectivity index (χ3v) is 5.36. The molecule has 0 aliphatic heterocycles. The van der Waals surface area contributed by atoms with E-state index < -0.39 is 0 Å². The van der Waals surface area contributed by atoms with Gasteiger partial charge in [-0.3, -0.25) is 0 Å². The highest BCUT2D eigenvalue weighted by molar-refractivity contribution is 7.22. The molecule has 0 saturated heterocycles. The molecule has 5 nitrogen and oxygen atoms in total. The number of fused-ring (bicyclic) bond motifs is 1. The van der Waals surface area contributed by atoms with Crippen LogP contribution in [0.1, 0.15) is 5.56 Å². The number of nitrogens with one attached hydrogen (secondary N) is 1. The summed E-state index contributed by atoms with van der Waals surface area (Å²) in [4.78, 5) is 9.80. The maximum Gasteiger partial charge on any atom is 0.204 e. The van der Waals surface area contributed by atoms with Crippen molar-refractivity contribution >= 4 is 62.2 Å². The van der Waals surface area contributed by atoms with Crippen LogP contribution in [0.15, 0.2) is 41.1 Å². The molecule has 4 rings (SSSR count). The van der Waals surface area contributed by atoms with Crippen molar-refractivity contribution in [3.05, 3.63) is 56.5 Å². The second-order valence-corrected chi connectivity index (χ2v) is 7.62. The lowest BCUT2D eigenvalue weighted by molar-refractivity contribution is 0.430. The van der Waals surface area contributed by atoms with Crippen molar-refractivity contribution in [1.82, 2.24) is 15.1 Å². The van der Waals surface area contributed by atoms with E-state index in [-0.39, 0.29) is 0 Å². The molecular weight excluding hydrogens is 403 g/mol. The molecule has 0 bridgehead atoms. The highest BCUT2D eigenvalue weighted by Gasteiger charge is 2.14. The van der Waals surface area contributed by atoms with Gasteiger partial charge in [0.2, 0.25) is 11.6 Å². The molecule has 9 heteroatoms. The molecule has 0 amide bonds. The van der Waals surface area contributed by atoms with Gasteiger partial charge in [-0.2, -0.15) is 0 Å². The van der Waals surface area contributed by atoms with E-state index in [2.05, 4.69) is 20.4 Å². The van der Waals surface area contributed by atoms with Gasteiger partial charge in [0.05, 0.1) is 26.0 Å². The number of benzene rings is 1. The normalized spacial score (nSPS) is 11.2. The first kappa shape index (κ1) is 16.6. The summed E-state index contributed by atoms with van der Waals surface area (Å²) in [5.41, 5.74) is 0.976. The monoisotopic (exact) mass is 410 g/mol. The SMILES string of the molecule is Clc1cc2c(NCc3ccc(Cl)c(Cl)c3)nc(-c3ccno3)nc2s1. The van der Waals surface area contributed by atoms with E-state index >= 15 is 0 Å². The molecule has 4 aromatic rings. The standard InChI is InChI=1S/C16H9Cl3N4OS/c17-10-2-1-8(5-11(10)18)7-20-14-9-6-13(19)25-16(9)23-15(22-14)12-3-4-21-24-12/h1-6H,7H2,(H,20,22,23). The Morgan fingerprint density at radius 1 is 1.04 bits per heavy atom. The van der Waals surface area contributed by atoms with Crippen molar-refractivity contribution in [1.29, 1.82) is 0 Å². The first-order valence-corrected chi connectivity index (χ1v) is 9.11. The van der Waals surface area contributed by atoms with Crippen molar-refractivity contribution in [2.45, 2.75) is 6.54 Å². The van der Waals surface area contributed by atoms with Gasteiger partial charge in [0.15, 0.2) is 0 Å². The summed E-state index contributed by atoms with van der Waals surface area (Å²) in [5.74, 6) is 1.59. The van der Waals surface area contributed by atoms with Crippen LogP contribution < -0.4 is 5.32 Å². The van der Waals surface area contributed by atoms with Crippen molar-refractivity contribution in [3.63, 3.8) is 0 Å². The largest absolute Gasteiger partial charge is 0.365 e. The average Bonchev–Trinajstić information content (AvgIpc) is 3.24. The van der Waals surface area contributed by atoms with Gasteiger partial charge in [0.1, 0.15) is 10.6 Å². The van der Waals surface area contributed by atoms with Crippen molar-refractivity contribution in [2.24, 2.45) is 0 Å². The Labute approximate surface area is 161 Å². The highest BCUT2D eigenvalue weighted by Crippen LogP contribution is 2.34. The Kier molecular flexibility index (Phi) is 4.52. The zero-order chi connectivity index (χ0) is 17.4. The molecule has 1 N–H and O–H groups in total. The number of anilines is 1. The first-order chi connectivity index (χ1) is 12.1. The summed E-state index contributed by atoms with van der Waals surface area (Å²) in [7, 11) is 0. The number of aromatic nitrogens is 3. The van der Waals surface area contributed by atoms with Crippen LogP contribution >= 0.6 is 46.1 Å². The average molecular weight is 412 g/mol. The van der Waals surface area contributed by atoms with Gasteiger partial charge in [-0.15, -0.1) is 11.3 Å². The van der Waals surface area contributed by atoms with E-state index in [1.807, 2.05) is 18.2 Å². The topological polar surface area (TPSA) is 63.8 Å². The van der Waals surface area contributed by atoms with E-state index in [0.717, 1.165) is 15.8 Å². The summed E-state index contributed by atoms with van der Waals surface area (Å²) >= 11 is 19.5. The van der Waals surface area contributed by atoms with Crippen LogP contribution in [0.5, 0.6) is 0 Å². The summed E-state index contributed by atoms with van der Waals surface area (Å²) in [5, 5.41) is 8.87. The molecule has 3 heterocycles. The lowest BCUT2D eigenvalue weighted by Crippen LogP contribution is -2.03. The number of hydrogen-bond donors (Lipinski definition) is 1. The van der Waals surface area contributed by atoms with E-state index in [0.29, 0.717) is 38.3 Å². The maximum absolute atomic E-state index is 6.14. The second-order valence-electron chi connectivity index (χ2n) is 5.14. The smallest absolute Gasteiger partial charge is 0.204 e. The molecule has 1 aromatic carbocycles. The lowest BCUT2D eigenvalue weighted by Gasteiger charge is -2.09. The predicted molar refractivity (Wildman–Crippen MR) is 102 cm³/mol. The van der Waals surface area contributed by atoms with E-state index in [1.165, 1.54) is 11.3 Å². The van der Waals surface area contributed by atoms with Gasteiger partial charge in [-0.25, -0.2) is 9.97 Å². The summed E-state index contributed by atoms with van der Waals surface area (Å²) in [6.45, 7) is 0.520. The van der Waals surface area contributed by atoms with E-state index in [9.17, 15) is 0 Å². The van der Waals surface area contributed by atoms with Crippen molar-refractivity contribution in [2.75, 3.05) is 5.32 Å². The molecule has 0 fully saturated rings. The third-order valence-electron chi connectivity index (χ3n) is 3.46. The van der Waals surface area contributed by atoms with Crippen LogP contribution in [0, 0.1) is 0 Å². The second kappa shape index (κ2) is 6.80. The van der Waals surface area contributed by atoms with Crippen LogP contribution in [-0.2, 0) is 6.54 Å². The number of rotatable bonds is 4. The summed E-state index contributed by atoms with van der Waals surface area (Å²) in [6.07, 6.45) is 1.55. The minimum Gasteiger partial charge on any atom is -0.365 e. The van der Waals surface area contributed by atoms with Gasteiger partial charge in [0, 0.05) is 12.6 Å². The lowest BCUT2D eigenvalue weighted by atomic mass is 10.2. The van der Waals surface area contributed by atoms with Crippen LogP contribution in [-0.4, -0.2) is 15.1 Å². The molecule has 0 saturated carbocycles. The van der Waals surface area contributed by atoms with Crippen LogP contribution in [0.3, 0.4) is 0 Å². The number of thiophene rings is 1. The van der Waals surface area contributed by atoms with Gasteiger partial charge < -0.3 is 9.84 Å². The number of halogens is 3. The zero-order valence-corrected chi connectivity index (χ0v) is 15.5. The Bertz CT molecular complexity index is 1050. The molecule has 0 aliphatic rings. The highest BCUT2D eigenvalue weighted by atomic mass is 35.5. The van der Waals surface area contributed by atoms with Crippen molar-refractivity contribution in [3.8, 4) is 11.6 Å². The molecule has 126 valence electrons. The molecule has 25 heavy (non-hydrogen) atoms. The fraction of sp³-hybridized carbons (Fsp3) is 0.0625. The minimum absolute atomic E-state index is 0.445. The van der Waals surface area contributed by atoms with Crippen molar-refractivity contribution < 1.29 is 4.52 Å². The minimum atomic E-state index is 0.445. The summed E-state index contributed by atoms with van der Waals surface area (Å²) < 4.78 is 5.79. The van der Waals surface area contributed by atoms with Gasteiger partial charge in [0.25, 0.3) is 0 Å². The molecule has 0 spiro atoms. The third kappa shape index (κ3) is 3.43. The fourth-order valence-electron chi connectivity index (χ4n) is 2.30.